The third-order valence-corrected chi connectivity index (χ3v) is 3.77. The van der Waals surface area contributed by atoms with E-state index in [4.69, 9.17) is 0 Å². The van der Waals surface area contributed by atoms with Gasteiger partial charge in [-0.05, 0) is 59.9 Å². The van der Waals surface area contributed by atoms with Crippen LogP contribution in [0.3, 0.4) is 0 Å². The van der Waals surface area contributed by atoms with Crippen molar-refractivity contribution in [1.82, 2.24) is 14.7 Å². The highest BCUT2D eigenvalue weighted by molar-refractivity contribution is 4.83. The van der Waals surface area contributed by atoms with Crippen LogP contribution in [0.25, 0.3) is 0 Å². The highest BCUT2D eigenvalue weighted by Gasteiger charge is 2.15. The summed E-state index contributed by atoms with van der Waals surface area (Å²) in [6.07, 6.45) is 7.13. The van der Waals surface area contributed by atoms with E-state index in [0.717, 1.165) is 0 Å². The fourth-order valence-corrected chi connectivity index (χ4v) is 2.49. The molecule has 0 radical (unpaired) electrons. The molecule has 0 aromatic carbocycles. The Labute approximate surface area is 127 Å². The summed E-state index contributed by atoms with van der Waals surface area (Å²) in [6.45, 7) is 18.0. The van der Waals surface area contributed by atoms with Crippen LogP contribution in [0.15, 0.2) is 12.3 Å². The molecule has 0 N–H and O–H groups in total. The molecule has 0 unspecified atom stereocenters. The molecule has 3 heteroatoms. The zero-order valence-corrected chi connectivity index (χ0v) is 14.7. The maximum Gasteiger partial charge on any atom is 0.0300 e. The van der Waals surface area contributed by atoms with Gasteiger partial charge >= 0.3 is 0 Å². The van der Waals surface area contributed by atoms with E-state index < -0.39 is 0 Å². The molecule has 2 aliphatic rings. The van der Waals surface area contributed by atoms with E-state index >= 15 is 0 Å². The van der Waals surface area contributed by atoms with Crippen LogP contribution in [0.2, 0.25) is 0 Å². The van der Waals surface area contributed by atoms with Gasteiger partial charge in [-0.15, -0.1) is 0 Å². The molecule has 0 aliphatic carbocycles. The van der Waals surface area contributed by atoms with Crippen molar-refractivity contribution in [2.45, 2.75) is 53.5 Å². The highest BCUT2D eigenvalue weighted by Crippen LogP contribution is 2.05. The molecule has 0 spiro atoms. The van der Waals surface area contributed by atoms with Crippen LogP contribution in [0.1, 0.15) is 47.5 Å². The Hall–Kier alpha value is -0.540. The number of allylic oxidation sites excluding steroid dienone is 1. The van der Waals surface area contributed by atoms with E-state index in [1.54, 1.807) is 0 Å². The predicted octanol–water partition coefficient (Wildman–Crippen LogP) is 3.28. The van der Waals surface area contributed by atoms with Gasteiger partial charge in [0.15, 0.2) is 0 Å². The van der Waals surface area contributed by atoms with Gasteiger partial charge in [0.25, 0.3) is 0 Å². The van der Waals surface area contributed by atoms with E-state index in [0.29, 0.717) is 6.04 Å². The number of likely N-dealkylation sites (tertiary alicyclic amines) is 1. The third-order valence-electron chi connectivity index (χ3n) is 3.77. The Morgan fingerprint density at radius 3 is 1.65 bits per heavy atom. The second-order valence-corrected chi connectivity index (χ2v) is 5.66. The fraction of sp³-hybridized carbons (Fsp3) is 0.882. The summed E-state index contributed by atoms with van der Waals surface area (Å²) in [6, 6.07) is 0.706. The van der Waals surface area contributed by atoms with Crippen molar-refractivity contribution in [3.63, 3.8) is 0 Å². The van der Waals surface area contributed by atoms with Crippen LogP contribution in [0, 0.1) is 0 Å². The lowest BCUT2D eigenvalue weighted by Gasteiger charge is -2.36. The SMILES string of the molecule is C/C=C/N1CCN(C(C)C)CC1.CC.CN1CCCC1. The Kier molecular flexibility index (Phi) is 11.9. The van der Waals surface area contributed by atoms with Crippen LogP contribution < -0.4 is 0 Å². The second-order valence-electron chi connectivity index (χ2n) is 5.66. The van der Waals surface area contributed by atoms with Crippen molar-refractivity contribution in [2.75, 3.05) is 46.3 Å². The third kappa shape index (κ3) is 8.60. The van der Waals surface area contributed by atoms with Gasteiger partial charge in [0.2, 0.25) is 0 Å². The van der Waals surface area contributed by atoms with Gasteiger partial charge in [0.05, 0.1) is 0 Å². The standard InChI is InChI=1S/C10H20N2.C5H11N.C2H6/c1-4-5-11-6-8-12(9-7-11)10(2)3;1-6-4-2-3-5-6;1-2/h4-5,10H,6-9H2,1-3H3;2-5H2,1H3;1-2H3/b5-4+;;. The summed E-state index contributed by atoms with van der Waals surface area (Å²) >= 11 is 0. The monoisotopic (exact) mass is 283 g/mol. The van der Waals surface area contributed by atoms with Crippen LogP contribution in [0.4, 0.5) is 0 Å². The van der Waals surface area contributed by atoms with Crippen molar-refractivity contribution in [2.24, 2.45) is 0 Å². The molecule has 2 aliphatic heterocycles. The van der Waals surface area contributed by atoms with Crippen molar-refractivity contribution in [1.29, 1.82) is 0 Å². The minimum absolute atomic E-state index is 0.706. The lowest BCUT2D eigenvalue weighted by Crippen LogP contribution is -2.46. The zero-order valence-electron chi connectivity index (χ0n) is 14.7. The molecule has 0 bridgehead atoms. The van der Waals surface area contributed by atoms with Gasteiger partial charge in [-0.3, -0.25) is 4.90 Å². The largest absolute Gasteiger partial charge is 0.375 e. The van der Waals surface area contributed by atoms with Crippen molar-refractivity contribution in [3.8, 4) is 0 Å². The second kappa shape index (κ2) is 12.2. The molecule has 0 aromatic rings. The van der Waals surface area contributed by atoms with Crippen molar-refractivity contribution >= 4 is 0 Å². The minimum atomic E-state index is 0.706. The Bertz CT molecular complexity index is 224. The predicted molar refractivity (Wildman–Crippen MR) is 91.2 cm³/mol. The Morgan fingerprint density at radius 2 is 1.35 bits per heavy atom. The topological polar surface area (TPSA) is 9.72 Å². The van der Waals surface area contributed by atoms with Crippen LogP contribution >= 0.6 is 0 Å². The smallest absolute Gasteiger partial charge is 0.0300 e. The van der Waals surface area contributed by atoms with Gasteiger partial charge in [-0.2, -0.15) is 0 Å². The van der Waals surface area contributed by atoms with E-state index in [2.05, 4.69) is 54.8 Å². The molecule has 3 nitrogen and oxygen atoms in total. The first-order chi connectivity index (χ1) is 9.63. The summed E-state index contributed by atoms with van der Waals surface area (Å²) in [5.41, 5.74) is 0. The lowest BCUT2D eigenvalue weighted by molar-refractivity contribution is 0.138. The molecule has 0 atom stereocenters. The molecular weight excluding hydrogens is 246 g/mol. The molecule has 2 fully saturated rings. The van der Waals surface area contributed by atoms with E-state index in [1.807, 2.05) is 13.8 Å². The first kappa shape index (κ1) is 19.5. The number of hydrogen-bond acceptors (Lipinski definition) is 3. The Morgan fingerprint density at radius 1 is 0.850 bits per heavy atom. The van der Waals surface area contributed by atoms with Gasteiger partial charge < -0.3 is 9.80 Å². The maximum atomic E-state index is 2.53. The first-order valence-electron chi connectivity index (χ1n) is 8.43. The fourth-order valence-electron chi connectivity index (χ4n) is 2.49. The summed E-state index contributed by atoms with van der Waals surface area (Å²) in [5.74, 6) is 0. The van der Waals surface area contributed by atoms with Crippen LogP contribution in [0.5, 0.6) is 0 Å². The average molecular weight is 284 g/mol. The molecule has 2 saturated heterocycles. The van der Waals surface area contributed by atoms with E-state index in [9.17, 15) is 0 Å². The molecule has 120 valence electrons. The summed E-state index contributed by atoms with van der Waals surface area (Å²) < 4.78 is 0. The normalized spacial score (nSPS) is 20.6. The molecule has 2 heterocycles. The van der Waals surface area contributed by atoms with E-state index in [1.165, 1.54) is 52.1 Å². The minimum Gasteiger partial charge on any atom is -0.375 e. The highest BCUT2D eigenvalue weighted by atomic mass is 15.3. The van der Waals surface area contributed by atoms with Gasteiger partial charge in [-0.1, -0.05) is 19.9 Å². The molecule has 0 saturated carbocycles. The molecule has 20 heavy (non-hydrogen) atoms. The average Bonchev–Trinajstić information content (AvgIpc) is 2.94. The quantitative estimate of drug-likeness (QED) is 0.770. The maximum absolute atomic E-state index is 2.53. The summed E-state index contributed by atoms with van der Waals surface area (Å²) in [5, 5.41) is 0. The molecular formula is C17H37N3. The number of rotatable bonds is 2. The number of piperazine rings is 1. The van der Waals surface area contributed by atoms with Crippen LogP contribution in [-0.2, 0) is 0 Å². The number of nitrogens with zero attached hydrogens (tertiary/aromatic N) is 3. The summed E-state index contributed by atoms with van der Waals surface area (Å²) in [4.78, 5) is 7.28. The molecule has 0 amide bonds. The van der Waals surface area contributed by atoms with Gasteiger partial charge in [0, 0.05) is 32.2 Å². The molecule has 0 aromatic heterocycles. The molecule has 2 rings (SSSR count). The number of hydrogen-bond donors (Lipinski definition) is 0. The van der Waals surface area contributed by atoms with Crippen molar-refractivity contribution in [3.05, 3.63) is 12.3 Å². The zero-order chi connectivity index (χ0) is 15.4. The van der Waals surface area contributed by atoms with Gasteiger partial charge in [-0.25, -0.2) is 0 Å². The Balaban J connectivity index is 0.000000377. The van der Waals surface area contributed by atoms with Crippen LogP contribution in [-0.4, -0.2) is 67.1 Å². The van der Waals surface area contributed by atoms with Crippen molar-refractivity contribution < 1.29 is 0 Å². The lowest BCUT2D eigenvalue weighted by atomic mass is 10.2. The van der Waals surface area contributed by atoms with Gasteiger partial charge in [0.1, 0.15) is 0 Å². The first-order valence-corrected chi connectivity index (χ1v) is 8.43. The summed E-state index contributed by atoms with van der Waals surface area (Å²) in [7, 11) is 2.17. The van der Waals surface area contributed by atoms with E-state index in [-0.39, 0.29) is 0 Å².